The fraction of sp³-hybridized carbons (Fsp3) is 0.871. The number of Topliss-reactive ketones (excluding diaryl/α,β-unsaturated/α-hetero) is 1. The summed E-state index contributed by atoms with van der Waals surface area (Å²) in [6, 6.07) is 0. The van der Waals surface area contributed by atoms with E-state index in [1.165, 1.54) is 26.4 Å². The monoisotopic (exact) mass is 504 g/mol. The van der Waals surface area contributed by atoms with Crippen molar-refractivity contribution in [2.45, 2.75) is 99.8 Å². The zero-order valence-corrected chi connectivity index (χ0v) is 24.1. The number of ether oxygens (including phenoxy) is 1. The lowest BCUT2D eigenvalue weighted by atomic mass is 9.31. The molecule has 0 radical (unpaired) electrons. The molecule has 0 bridgehead atoms. The Hall–Kier alpha value is -0.770. The molecule has 0 spiro atoms. The van der Waals surface area contributed by atoms with E-state index in [1.54, 1.807) is 6.92 Å². The van der Waals surface area contributed by atoms with Crippen molar-refractivity contribution in [2.24, 2.45) is 62.6 Å². The van der Waals surface area contributed by atoms with Crippen LogP contribution >= 0.6 is 12.6 Å². The Kier molecular flexibility index (Phi) is 5.25. The summed E-state index contributed by atoms with van der Waals surface area (Å²) in [7, 11) is 1.34. The van der Waals surface area contributed by atoms with Gasteiger partial charge in [0.25, 0.3) is 0 Å². The topological polar surface area (TPSA) is 43.4 Å². The molecular weight excluding hydrogens is 452 g/mol. The number of allylic oxidation sites excluding steroid dienone is 2. The molecular formula is C31H48O3S. The van der Waals surface area contributed by atoms with Crippen molar-refractivity contribution in [2.75, 3.05) is 7.11 Å². The maximum absolute atomic E-state index is 14.5. The minimum absolute atomic E-state index is 0.0256. The predicted molar refractivity (Wildman–Crippen MR) is 144 cm³/mol. The Morgan fingerprint density at radius 3 is 2.40 bits per heavy atom. The number of hydrogen-bond acceptors (Lipinski definition) is 4. The highest BCUT2D eigenvalue weighted by atomic mass is 32.1. The van der Waals surface area contributed by atoms with Gasteiger partial charge in [-0.25, -0.2) is 0 Å². The molecule has 35 heavy (non-hydrogen) atoms. The third kappa shape index (κ3) is 3.16. The molecule has 196 valence electrons. The van der Waals surface area contributed by atoms with E-state index >= 15 is 0 Å². The Morgan fingerprint density at radius 2 is 1.74 bits per heavy atom. The van der Waals surface area contributed by atoms with Crippen molar-refractivity contribution < 1.29 is 17.1 Å². The number of carbonyl (C=O) groups excluding carboxylic acids is 2. The molecule has 3 nitrogen and oxygen atoms in total. The molecule has 0 aromatic carbocycles. The number of ketones is 1. The van der Waals surface area contributed by atoms with Gasteiger partial charge >= 0.3 is 5.97 Å². The first-order valence-electron chi connectivity index (χ1n) is 15.0. The summed E-state index contributed by atoms with van der Waals surface area (Å²) in [6.45, 7) is 16.0. The van der Waals surface area contributed by atoms with Crippen molar-refractivity contribution >= 4 is 24.4 Å². The van der Waals surface area contributed by atoms with Gasteiger partial charge in [0, 0.05) is 20.5 Å². The van der Waals surface area contributed by atoms with Gasteiger partial charge in [-0.3, -0.25) is 9.59 Å². The lowest BCUT2D eigenvalue weighted by Crippen LogP contribution is -2.69. The van der Waals surface area contributed by atoms with Gasteiger partial charge in [0.05, 0.1) is 12.5 Å². The molecule has 4 heteroatoms. The second-order valence-corrected chi connectivity index (χ2v) is 14.9. The normalized spacial score (nSPS) is 57.9. The Bertz CT molecular complexity index is 1060. The first kappa shape index (κ1) is 23.4. The summed E-state index contributed by atoms with van der Waals surface area (Å²) < 4.78 is 23.1. The van der Waals surface area contributed by atoms with E-state index in [2.05, 4.69) is 54.2 Å². The molecule has 0 heterocycles. The Balaban J connectivity index is 1.65. The zero-order chi connectivity index (χ0) is 27.6. The van der Waals surface area contributed by atoms with Gasteiger partial charge in [-0.15, -0.1) is 12.6 Å². The van der Waals surface area contributed by atoms with E-state index in [1.807, 2.05) is 6.08 Å². The van der Waals surface area contributed by atoms with Crippen LogP contribution in [0.25, 0.3) is 0 Å². The molecule has 11 atom stereocenters. The second-order valence-electron chi connectivity index (χ2n) is 14.4. The van der Waals surface area contributed by atoms with Gasteiger partial charge in [0.1, 0.15) is 5.78 Å². The Morgan fingerprint density at radius 1 is 1.06 bits per heavy atom. The maximum atomic E-state index is 14.5. The molecule has 0 aromatic rings. The van der Waals surface area contributed by atoms with Crippen molar-refractivity contribution in [3.8, 4) is 0 Å². The molecule has 4 saturated carbocycles. The predicted octanol–water partition coefficient (Wildman–Crippen LogP) is 7.50. The number of esters is 1. The average Bonchev–Trinajstić information content (AvgIpc) is 2.81. The molecule has 4 fully saturated rings. The molecule has 0 aromatic heterocycles. The highest BCUT2D eigenvalue weighted by Crippen LogP contribution is 2.76. The molecule has 5 rings (SSSR count). The maximum Gasteiger partial charge on any atom is 0.312 e. The highest BCUT2D eigenvalue weighted by Gasteiger charge is 2.72. The van der Waals surface area contributed by atoms with E-state index < -0.39 is 23.2 Å². The van der Waals surface area contributed by atoms with Crippen molar-refractivity contribution in [1.29, 1.82) is 0 Å². The summed E-state index contributed by atoms with van der Waals surface area (Å²) in [5.74, 6) is 1.41. The minimum Gasteiger partial charge on any atom is -0.469 e. The molecule has 0 aliphatic heterocycles. The number of hydrogen-bond donors (Lipinski definition) is 1. The molecule has 2 unspecified atom stereocenters. The summed E-state index contributed by atoms with van der Waals surface area (Å²) >= 11 is 4.65. The van der Waals surface area contributed by atoms with Crippen LogP contribution in [0.2, 0.25) is 0 Å². The molecule has 5 aliphatic rings. The van der Waals surface area contributed by atoms with E-state index in [0.29, 0.717) is 47.7 Å². The third-order valence-electron chi connectivity index (χ3n) is 13.1. The van der Waals surface area contributed by atoms with Gasteiger partial charge < -0.3 is 4.74 Å². The fourth-order valence-corrected chi connectivity index (χ4v) is 11.4. The van der Waals surface area contributed by atoms with Crippen molar-refractivity contribution in [1.82, 2.24) is 0 Å². The lowest BCUT2D eigenvalue weighted by molar-refractivity contribution is -0.227. The van der Waals surface area contributed by atoms with Crippen molar-refractivity contribution in [3.05, 3.63) is 11.0 Å². The van der Waals surface area contributed by atoms with Crippen LogP contribution in [0.3, 0.4) is 0 Å². The van der Waals surface area contributed by atoms with Crippen LogP contribution in [0.4, 0.5) is 0 Å². The summed E-state index contributed by atoms with van der Waals surface area (Å²) in [6.07, 6.45) is 7.04. The zero-order valence-electron chi connectivity index (χ0n) is 25.2. The second kappa shape index (κ2) is 7.87. The quantitative estimate of drug-likeness (QED) is 0.297. The number of rotatable bonds is 1. The van der Waals surface area contributed by atoms with Gasteiger partial charge in [-0.1, -0.05) is 47.6 Å². The van der Waals surface area contributed by atoms with Crippen LogP contribution in [0, 0.1) is 62.6 Å². The van der Waals surface area contributed by atoms with Crippen LogP contribution in [-0.2, 0) is 14.3 Å². The summed E-state index contributed by atoms with van der Waals surface area (Å²) in [5, 5.41) is 0. The van der Waals surface area contributed by atoms with Gasteiger partial charge in [0.15, 0.2) is 0 Å². The van der Waals surface area contributed by atoms with Crippen LogP contribution in [0.5, 0.6) is 0 Å². The van der Waals surface area contributed by atoms with Crippen LogP contribution < -0.4 is 0 Å². The van der Waals surface area contributed by atoms with Gasteiger partial charge in [-0.05, 0) is 103 Å². The first-order chi connectivity index (χ1) is 17.0. The van der Waals surface area contributed by atoms with E-state index in [0.717, 1.165) is 12.8 Å². The van der Waals surface area contributed by atoms with Crippen LogP contribution in [0.15, 0.2) is 11.0 Å². The Labute approximate surface area is 221 Å². The molecule has 0 N–H and O–H groups in total. The number of carbonyl (C=O) groups is 2. The first-order valence-corrected chi connectivity index (χ1v) is 14.4. The smallest absolute Gasteiger partial charge is 0.312 e. The van der Waals surface area contributed by atoms with E-state index in [4.69, 9.17) is 7.48 Å². The van der Waals surface area contributed by atoms with Crippen LogP contribution in [0.1, 0.15) is 103 Å². The molecule has 0 amide bonds. The molecule has 0 saturated heterocycles. The van der Waals surface area contributed by atoms with Crippen molar-refractivity contribution in [3.63, 3.8) is 0 Å². The average molecular weight is 505 g/mol. The van der Waals surface area contributed by atoms with Gasteiger partial charge in [0.2, 0.25) is 0 Å². The lowest BCUT2D eigenvalue weighted by Gasteiger charge is -2.72. The third-order valence-corrected chi connectivity index (χ3v) is 13.3. The summed E-state index contributed by atoms with van der Waals surface area (Å²) in [5.41, 5.74) is -1.94. The molecule has 5 aliphatic carbocycles. The number of methoxy groups -OCH3 is 1. The largest absolute Gasteiger partial charge is 0.469 e. The van der Waals surface area contributed by atoms with Gasteiger partial charge in [-0.2, -0.15) is 0 Å². The number of fused-ring (bicyclic) bond motifs is 7. The highest BCUT2D eigenvalue weighted by molar-refractivity contribution is 7.84. The van der Waals surface area contributed by atoms with Crippen LogP contribution in [-0.4, -0.2) is 18.9 Å². The standard InChI is InChI=1S/C31H48O3S/c1-18-9-11-27(3)13-14-30(6)21(24(27)19(18)2)15-22(32)25-28(4)16-20(35)17-29(5,26(33)34-8)23(28)10-12-31(25,30)7/h16,18-19,21,23-25,35H,9-15,17H2,1-8H3/t18-,19+,21-,23?,24+,25-,27-,28+,29?,30-,31-/m1/s1/i17T2. The van der Waals surface area contributed by atoms with E-state index in [-0.39, 0.29) is 27.6 Å². The fourth-order valence-electron chi connectivity index (χ4n) is 10.9. The number of thiol groups is 1. The SMILES string of the molecule is [3H]C1([3H])C(S)=C[C@@]2(C)C(CC[C@]3(C)[C@@H]2C(=O)C[C@@H]2[C@@H]4[C@@H](C)[C@H](C)CC[C@]4(C)CC[C@]23C)C1(C)C(=O)OC. The summed E-state index contributed by atoms with van der Waals surface area (Å²) in [4.78, 5) is 28.1. The minimum atomic E-state index is -1.95. The van der Waals surface area contributed by atoms with E-state index in [9.17, 15) is 9.59 Å².